The van der Waals surface area contributed by atoms with E-state index < -0.39 is 0 Å². The number of rotatable bonds is 8. The van der Waals surface area contributed by atoms with Crippen molar-refractivity contribution in [2.24, 2.45) is 0 Å². The number of hydrogen-bond acceptors (Lipinski definition) is 2. The van der Waals surface area contributed by atoms with E-state index in [1.54, 1.807) is 0 Å². The van der Waals surface area contributed by atoms with Crippen LogP contribution in [0.3, 0.4) is 0 Å². The summed E-state index contributed by atoms with van der Waals surface area (Å²) in [5.41, 5.74) is 23.8. The van der Waals surface area contributed by atoms with Gasteiger partial charge in [0.2, 0.25) is 0 Å². The first-order valence-corrected chi connectivity index (χ1v) is 24.8. The van der Waals surface area contributed by atoms with Gasteiger partial charge in [-0.2, -0.15) is 0 Å². The molecular weight excluding hydrogens is 873 g/mol. The van der Waals surface area contributed by atoms with Crippen LogP contribution in [0.4, 0.5) is 0 Å². The fourth-order valence-electron chi connectivity index (χ4n) is 11.1. The fraction of sp³-hybridized carbons (Fsp3) is 0.0294. The van der Waals surface area contributed by atoms with E-state index in [4.69, 9.17) is 9.97 Å². The molecule has 0 atom stereocenters. The van der Waals surface area contributed by atoms with Gasteiger partial charge in [0.25, 0.3) is 0 Å². The highest BCUT2D eigenvalue weighted by Crippen LogP contribution is 2.42. The Labute approximate surface area is 418 Å². The topological polar surface area (TPSA) is 35.6 Å². The van der Waals surface area contributed by atoms with Gasteiger partial charge in [-0.3, -0.25) is 0 Å². The number of nitrogens with zero attached hydrogens (tertiary/aromatic N) is 4. The Bertz CT molecular complexity index is 4110. The Morgan fingerprint density at radius 1 is 0.292 bits per heavy atom. The Balaban J connectivity index is 0.868. The molecule has 0 saturated heterocycles. The lowest BCUT2D eigenvalue weighted by atomic mass is 9.91. The number of para-hydroxylation sites is 2. The summed E-state index contributed by atoms with van der Waals surface area (Å²) in [5.74, 6) is 0. The van der Waals surface area contributed by atoms with Crippen molar-refractivity contribution in [2.75, 3.05) is 0 Å². The zero-order valence-corrected chi connectivity index (χ0v) is 39.5. The normalized spacial score (nSPS) is 12.4. The first-order chi connectivity index (χ1) is 35.7. The molecule has 14 rings (SSSR count). The minimum Gasteiger partial charge on any atom is -0.313 e. The molecule has 0 saturated carbocycles. The Morgan fingerprint density at radius 3 is 1.12 bits per heavy atom. The maximum Gasteiger partial charge on any atom is 0.0973 e. The summed E-state index contributed by atoms with van der Waals surface area (Å²) in [4.78, 5) is 10.7. The standard InChI is InChI=1S/C68H46N4/c1-5-15-45(16-6-1)51-29-37-63-57(41-51)58-42-52(46-17-7-2-8-18-46)30-38-64(58)71(63)55-33-25-49(26-34-55)67-68(70-62-24-14-13-23-61(62)69-67)50-27-35-56(36-28-50)72-65-39-31-53(47-19-9-3-10-20-47)43-59(65)60-44-54(32-40-66(60)72)48-21-11-4-12-22-48/h1-31,33-39,41-44H,32,40H2. The molecule has 4 nitrogen and oxygen atoms in total. The first kappa shape index (κ1) is 41.6. The van der Waals surface area contributed by atoms with E-state index >= 15 is 0 Å². The molecule has 4 heteroatoms. The number of allylic oxidation sites excluding steroid dienone is 1. The van der Waals surface area contributed by atoms with E-state index in [0.29, 0.717) is 0 Å². The van der Waals surface area contributed by atoms with Gasteiger partial charge in [0.05, 0.1) is 39.0 Å². The monoisotopic (exact) mass is 918 g/mol. The number of aromatic nitrogens is 4. The zero-order chi connectivity index (χ0) is 47.5. The zero-order valence-electron chi connectivity index (χ0n) is 39.5. The molecule has 10 aromatic carbocycles. The lowest BCUT2D eigenvalue weighted by Crippen LogP contribution is -2.05. The number of fused-ring (bicyclic) bond motifs is 7. The maximum atomic E-state index is 5.35. The van der Waals surface area contributed by atoms with Crippen molar-refractivity contribution < 1.29 is 0 Å². The van der Waals surface area contributed by atoms with Crippen LogP contribution >= 0.6 is 0 Å². The van der Waals surface area contributed by atoms with Gasteiger partial charge in [0, 0.05) is 49.9 Å². The summed E-state index contributed by atoms with van der Waals surface area (Å²) >= 11 is 0. The van der Waals surface area contributed by atoms with Crippen LogP contribution in [0.1, 0.15) is 23.2 Å². The largest absolute Gasteiger partial charge is 0.313 e. The van der Waals surface area contributed by atoms with Gasteiger partial charge in [0.15, 0.2) is 0 Å². The molecule has 1 aliphatic carbocycles. The summed E-state index contributed by atoms with van der Waals surface area (Å²) < 4.78 is 4.88. The average molecular weight is 919 g/mol. The van der Waals surface area contributed by atoms with Crippen LogP contribution in [0.25, 0.3) is 123 Å². The first-order valence-electron chi connectivity index (χ1n) is 24.8. The smallest absolute Gasteiger partial charge is 0.0973 e. The highest BCUT2D eigenvalue weighted by molar-refractivity contribution is 6.12. The third-order valence-corrected chi connectivity index (χ3v) is 14.7. The van der Waals surface area contributed by atoms with Crippen LogP contribution in [0, 0.1) is 0 Å². The van der Waals surface area contributed by atoms with Crippen LogP contribution in [0.2, 0.25) is 0 Å². The molecule has 3 aromatic heterocycles. The highest BCUT2D eigenvalue weighted by Gasteiger charge is 2.23. The Hall–Kier alpha value is -9.38. The summed E-state index contributed by atoms with van der Waals surface area (Å²) in [7, 11) is 0. The fourth-order valence-corrected chi connectivity index (χ4v) is 11.1. The second kappa shape index (κ2) is 17.2. The quantitative estimate of drug-likeness (QED) is 0.152. The summed E-state index contributed by atoms with van der Waals surface area (Å²) in [6.07, 6.45) is 4.36. The maximum absolute atomic E-state index is 5.35. The molecule has 0 amide bonds. The molecule has 0 bridgehead atoms. The lowest BCUT2D eigenvalue weighted by Gasteiger charge is -2.18. The summed E-state index contributed by atoms with van der Waals surface area (Å²) in [6.45, 7) is 0. The number of benzene rings is 10. The van der Waals surface area contributed by atoms with E-state index in [9.17, 15) is 0 Å². The summed E-state index contributed by atoms with van der Waals surface area (Å²) in [5, 5.41) is 3.71. The van der Waals surface area contributed by atoms with Gasteiger partial charge in [-0.25, -0.2) is 9.97 Å². The third kappa shape index (κ3) is 7.15. The van der Waals surface area contributed by atoms with Gasteiger partial charge in [0.1, 0.15) is 0 Å². The van der Waals surface area contributed by atoms with E-state index in [2.05, 4.69) is 252 Å². The predicted octanol–water partition coefficient (Wildman–Crippen LogP) is 17.5. The second-order valence-electron chi connectivity index (χ2n) is 18.9. The molecule has 0 fully saturated rings. The molecule has 0 N–H and O–H groups in total. The van der Waals surface area contributed by atoms with Gasteiger partial charge in [-0.05, 0) is 136 Å². The molecule has 1 aliphatic rings. The van der Waals surface area contributed by atoms with Crippen molar-refractivity contribution in [3.8, 4) is 67.3 Å². The predicted molar refractivity (Wildman–Crippen MR) is 301 cm³/mol. The van der Waals surface area contributed by atoms with Gasteiger partial charge in [-0.1, -0.05) is 176 Å². The molecule has 13 aromatic rings. The van der Waals surface area contributed by atoms with Crippen LogP contribution in [0.5, 0.6) is 0 Å². The van der Waals surface area contributed by atoms with Gasteiger partial charge in [-0.15, -0.1) is 0 Å². The second-order valence-corrected chi connectivity index (χ2v) is 18.9. The molecule has 0 spiro atoms. The minimum atomic E-state index is 0.853. The van der Waals surface area contributed by atoms with E-state index in [0.717, 1.165) is 68.8 Å². The Morgan fingerprint density at radius 2 is 0.667 bits per heavy atom. The molecule has 0 radical (unpaired) electrons. The molecule has 0 unspecified atom stereocenters. The van der Waals surface area contributed by atoms with Crippen molar-refractivity contribution in [3.63, 3.8) is 0 Å². The minimum absolute atomic E-state index is 0.853. The SMILES string of the molecule is C1=C(c2ccccc2)CCc2c1c1cc(-c3ccccc3)ccc1n2-c1ccc(-c2nc3ccccc3nc2-c2ccc(-n3c4ccc(-c5ccccc5)cc4c4cc(-c5ccccc5)ccc43)cc2)cc1. The van der Waals surface area contributed by atoms with Crippen molar-refractivity contribution in [1.82, 2.24) is 19.1 Å². The molecule has 338 valence electrons. The van der Waals surface area contributed by atoms with Gasteiger partial charge >= 0.3 is 0 Å². The van der Waals surface area contributed by atoms with Crippen molar-refractivity contribution >= 4 is 55.4 Å². The number of hydrogen-bond donors (Lipinski definition) is 0. The van der Waals surface area contributed by atoms with E-state index in [-0.39, 0.29) is 0 Å². The molecule has 72 heavy (non-hydrogen) atoms. The molecular formula is C68H46N4. The van der Waals surface area contributed by atoms with Crippen molar-refractivity contribution in [2.45, 2.75) is 12.8 Å². The third-order valence-electron chi connectivity index (χ3n) is 14.7. The van der Waals surface area contributed by atoms with Crippen LogP contribution in [-0.2, 0) is 6.42 Å². The summed E-state index contributed by atoms with van der Waals surface area (Å²) in [6, 6.07) is 89.6. The van der Waals surface area contributed by atoms with Gasteiger partial charge < -0.3 is 9.13 Å². The molecule has 0 aliphatic heterocycles. The average Bonchev–Trinajstić information content (AvgIpc) is 3.97. The van der Waals surface area contributed by atoms with Crippen LogP contribution in [0.15, 0.2) is 249 Å². The van der Waals surface area contributed by atoms with Crippen LogP contribution in [-0.4, -0.2) is 19.1 Å². The molecule has 3 heterocycles. The highest BCUT2D eigenvalue weighted by atomic mass is 15.0. The van der Waals surface area contributed by atoms with Crippen molar-refractivity contribution in [3.05, 3.63) is 266 Å². The van der Waals surface area contributed by atoms with E-state index in [1.807, 2.05) is 12.1 Å². The van der Waals surface area contributed by atoms with Crippen LogP contribution < -0.4 is 0 Å². The Kier molecular flexibility index (Phi) is 9.95. The van der Waals surface area contributed by atoms with E-state index in [1.165, 1.54) is 77.5 Å². The van der Waals surface area contributed by atoms with Crippen molar-refractivity contribution in [1.29, 1.82) is 0 Å². The lowest BCUT2D eigenvalue weighted by molar-refractivity contribution is 0.898.